The van der Waals surface area contributed by atoms with Crippen LogP contribution in [0.4, 0.5) is 0 Å². The van der Waals surface area contributed by atoms with E-state index < -0.39 is 6.47 Å². The fourth-order valence-electron chi connectivity index (χ4n) is 2.14. The topological polar surface area (TPSA) is 49.4 Å². The van der Waals surface area contributed by atoms with Gasteiger partial charge in [0.1, 0.15) is 19.6 Å². The number of quaternary nitrogens is 1. The quantitative estimate of drug-likeness (QED) is 0.595. The van der Waals surface area contributed by atoms with Crippen molar-refractivity contribution >= 4 is 12.5 Å². The number of benzene rings is 1. The molecular weight excluding hydrogens is 242 g/mol. The number of carbonyl (C=O) groups excluding carboxylic acids is 1. The third kappa shape index (κ3) is 5.24. The molecule has 1 saturated heterocycles. The normalized spacial score (nSPS) is 16.9. The molecule has 0 saturated carbocycles. The zero-order chi connectivity index (χ0) is 14.1. The molecule has 0 bridgehead atoms. The van der Waals surface area contributed by atoms with Crippen LogP contribution >= 0.6 is 0 Å². The molecule has 1 aliphatic rings. The van der Waals surface area contributed by atoms with Crippen molar-refractivity contribution in [3.8, 4) is 0 Å². The predicted molar refractivity (Wildman–Crippen MR) is 73.0 cm³/mol. The van der Waals surface area contributed by atoms with Crippen molar-refractivity contribution in [1.82, 2.24) is 0 Å². The van der Waals surface area contributed by atoms with Crippen molar-refractivity contribution in [3.63, 3.8) is 0 Å². The minimum Gasteiger partial charge on any atom is -0.554 e. The number of nitrogens with zero attached hydrogens (tertiary/aromatic N) is 1. The lowest BCUT2D eigenvalue weighted by atomic mass is 10.1. The highest BCUT2D eigenvalue weighted by atomic mass is 16.5. The van der Waals surface area contributed by atoms with E-state index in [0.717, 1.165) is 37.3 Å². The van der Waals surface area contributed by atoms with Gasteiger partial charge in [0.15, 0.2) is 0 Å². The molecule has 0 radical (unpaired) electrons. The van der Waals surface area contributed by atoms with Gasteiger partial charge in [-0.1, -0.05) is 36.9 Å². The summed E-state index contributed by atoms with van der Waals surface area (Å²) in [6, 6.07) is 8.68. The molecule has 104 valence electrons. The van der Waals surface area contributed by atoms with Crippen LogP contribution in [0.1, 0.15) is 11.1 Å². The average Bonchev–Trinajstić information content (AvgIpc) is 2.41. The lowest BCUT2D eigenvalue weighted by Gasteiger charge is -2.37. The Labute approximate surface area is 114 Å². The Kier molecular flexibility index (Phi) is 6.25. The number of rotatable bonds is 3. The standard InChI is InChI=1S/C14H20NO.CH2O2/c1-3-13-4-6-14(7-5-13)12-15(2)8-10-16-11-9-15;2-1-3/h3-7H,1,8-12H2,2H3;1H,(H,2,3)/q+1;/p-1. The highest BCUT2D eigenvalue weighted by molar-refractivity contribution is 5.47. The average molecular weight is 263 g/mol. The fraction of sp³-hybridized carbons (Fsp3) is 0.400. The maximum absolute atomic E-state index is 8.25. The van der Waals surface area contributed by atoms with Gasteiger partial charge in [0.25, 0.3) is 0 Å². The monoisotopic (exact) mass is 263 g/mol. The molecule has 4 nitrogen and oxygen atoms in total. The van der Waals surface area contributed by atoms with Crippen LogP contribution in [-0.4, -0.2) is 44.3 Å². The van der Waals surface area contributed by atoms with E-state index in [1.807, 2.05) is 6.08 Å². The highest BCUT2D eigenvalue weighted by Gasteiger charge is 2.25. The maximum Gasteiger partial charge on any atom is 0.104 e. The van der Waals surface area contributed by atoms with Crippen LogP contribution < -0.4 is 5.11 Å². The second-order valence-corrected chi connectivity index (χ2v) is 4.88. The van der Waals surface area contributed by atoms with Crippen LogP contribution in [-0.2, 0) is 16.1 Å². The van der Waals surface area contributed by atoms with Crippen molar-refractivity contribution < 1.29 is 19.1 Å². The third-order valence-corrected chi connectivity index (χ3v) is 3.33. The molecule has 1 aromatic rings. The Morgan fingerprint density at radius 3 is 2.32 bits per heavy atom. The molecule has 0 N–H and O–H groups in total. The van der Waals surface area contributed by atoms with Crippen molar-refractivity contribution in [2.24, 2.45) is 0 Å². The van der Waals surface area contributed by atoms with Crippen molar-refractivity contribution in [2.75, 3.05) is 33.4 Å². The summed E-state index contributed by atoms with van der Waals surface area (Å²) in [6.07, 6.45) is 1.88. The molecule has 0 aromatic heterocycles. The molecule has 2 rings (SSSR count). The molecule has 0 amide bonds. The van der Waals surface area contributed by atoms with Crippen LogP contribution in [0.5, 0.6) is 0 Å². The molecular formula is C15H21NO3. The summed E-state index contributed by atoms with van der Waals surface area (Å²) in [4.78, 5) is 8.25. The van der Waals surface area contributed by atoms with Gasteiger partial charge in [0.2, 0.25) is 0 Å². The Morgan fingerprint density at radius 1 is 1.32 bits per heavy atom. The van der Waals surface area contributed by atoms with Gasteiger partial charge in [-0.25, -0.2) is 0 Å². The van der Waals surface area contributed by atoms with Gasteiger partial charge < -0.3 is 19.1 Å². The van der Waals surface area contributed by atoms with Gasteiger partial charge >= 0.3 is 0 Å². The maximum atomic E-state index is 8.25. The molecule has 1 aliphatic heterocycles. The number of hydrogen-bond acceptors (Lipinski definition) is 3. The molecule has 0 atom stereocenters. The molecule has 1 aromatic carbocycles. The molecule has 0 aliphatic carbocycles. The summed E-state index contributed by atoms with van der Waals surface area (Å²) in [5.41, 5.74) is 2.59. The van der Waals surface area contributed by atoms with Crippen molar-refractivity contribution in [3.05, 3.63) is 42.0 Å². The summed E-state index contributed by atoms with van der Waals surface area (Å²) < 4.78 is 6.50. The van der Waals surface area contributed by atoms with Crippen molar-refractivity contribution in [2.45, 2.75) is 6.54 Å². The first-order valence-electron chi connectivity index (χ1n) is 6.32. The van der Waals surface area contributed by atoms with Gasteiger partial charge in [0, 0.05) is 12.0 Å². The number of carboxylic acid groups (broad SMARTS) is 1. The number of ether oxygens (including phenoxy) is 1. The van der Waals surface area contributed by atoms with Crippen LogP contribution in [0.2, 0.25) is 0 Å². The van der Waals surface area contributed by atoms with E-state index >= 15 is 0 Å². The number of carbonyl (C=O) groups is 1. The Morgan fingerprint density at radius 2 is 1.84 bits per heavy atom. The van der Waals surface area contributed by atoms with E-state index in [0.29, 0.717) is 0 Å². The van der Waals surface area contributed by atoms with Gasteiger partial charge in [-0.05, 0) is 5.56 Å². The summed E-state index contributed by atoms with van der Waals surface area (Å²) in [5.74, 6) is 0. The van der Waals surface area contributed by atoms with Crippen LogP contribution in [0.15, 0.2) is 30.8 Å². The predicted octanol–water partition coefficient (Wildman–Crippen LogP) is 0.673. The van der Waals surface area contributed by atoms with E-state index in [9.17, 15) is 0 Å². The second kappa shape index (κ2) is 7.71. The molecule has 1 heterocycles. The van der Waals surface area contributed by atoms with E-state index in [2.05, 4.69) is 37.9 Å². The molecule has 0 unspecified atom stereocenters. The fourth-order valence-corrected chi connectivity index (χ4v) is 2.14. The highest BCUT2D eigenvalue weighted by Crippen LogP contribution is 2.15. The largest absolute Gasteiger partial charge is 0.554 e. The Bertz CT molecular complexity index is 394. The summed E-state index contributed by atoms with van der Waals surface area (Å²) >= 11 is 0. The van der Waals surface area contributed by atoms with Gasteiger partial charge in [0.05, 0.1) is 20.3 Å². The Balaban J connectivity index is 0.000000550. The van der Waals surface area contributed by atoms with E-state index in [1.165, 1.54) is 11.1 Å². The SMILES string of the molecule is C=Cc1ccc(C[N+]2(C)CCOCC2)cc1.O=C[O-]. The minimum atomic E-state index is -0.500. The number of likely N-dealkylation sites (N-methyl/N-ethyl adjacent to an activating group) is 1. The summed E-state index contributed by atoms with van der Waals surface area (Å²) in [7, 11) is 2.31. The van der Waals surface area contributed by atoms with Crippen molar-refractivity contribution in [1.29, 1.82) is 0 Å². The van der Waals surface area contributed by atoms with Gasteiger partial charge in [-0.2, -0.15) is 0 Å². The summed E-state index contributed by atoms with van der Waals surface area (Å²) in [6.45, 7) is 8.38. The number of morpholine rings is 1. The first-order valence-corrected chi connectivity index (χ1v) is 6.32. The first-order chi connectivity index (χ1) is 9.13. The lowest BCUT2D eigenvalue weighted by molar-refractivity contribution is -0.929. The summed E-state index contributed by atoms with van der Waals surface area (Å²) in [5, 5.41) is 8.25. The zero-order valence-electron chi connectivity index (χ0n) is 11.4. The van der Waals surface area contributed by atoms with Crippen LogP contribution in [0.3, 0.4) is 0 Å². The minimum absolute atomic E-state index is 0.500. The van der Waals surface area contributed by atoms with E-state index in [1.54, 1.807) is 0 Å². The Hall–Kier alpha value is -1.65. The van der Waals surface area contributed by atoms with E-state index in [4.69, 9.17) is 14.6 Å². The van der Waals surface area contributed by atoms with Gasteiger partial charge in [-0.3, -0.25) is 0 Å². The third-order valence-electron chi connectivity index (χ3n) is 3.33. The lowest BCUT2D eigenvalue weighted by Crippen LogP contribution is -2.51. The molecule has 19 heavy (non-hydrogen) atoms. The smallest absolute Gasteiger partial charge is 0.104 e. The van der Waals surface area contributed by atoms with Gasteiger partial charge in [-0.15, -0.1) is 0 Å². The molecule has 1 fully saturated rings. The van der Waals surface area contributed by atoms with Crippen LogP contribution in [0, 0.1) is 0 Å². The second-order valence-electron chi connectivity index (χ2n) is 4.88. The molecule has 4 heteroatoms. The first kappa shape index (κ1) is 15.4. The molecule has 0 spiro atoms. The van der Waals surface area contributed by atoms with Crippen LogP contribution in [0.25, 0.3) is 6.08 Å². The zero-order valence-corrected chi connectivity index (χ0v) is 11.4. The van der Waals surface area contributed by atoms with E-state index in [-0.39, 0.29) is 0 Å². The number of hydrogen-bond donors (Lipinski definition) is 0.